The Kier molecular flexibility index (Phi) is 5.21. The van der Waals surface area contributed by atoms with Gasteiger partial charge in [0.25, 0.3) is 5.91 Å². The number of hydrogen-bond acceptors (Lipinski definition) is 5. The van der Waals surface area contributed by atoms with Crippen molar-refractivity contribution in [1.29, 1.82) is 0 Å². The first-order chi connectivity index (χ1) is 15.4. The molecular formula is C25H27N5OS. The summed E-state index contributed by atoms with van der Waals surface area (Å²) >= 11 is 1.63. The number of aryl methyl sites for hydroxylation is 3. The van der Waals surface area contributed by atoms with E-state index in [0.29, 0.717) is 18.7 Å². The Morgan fingerprint density at radius 1 is 1.03 bits per heavy atom. The van der Waals surface area contributed by atoms with Gasteiger partial charge in [0.2, 0.25) is 0 Å². The van der Waals surface area contributed by atoms with Crippen LogP contribution in [0, 0.1) is 20.8 Å². The summed E-state index contributed by atoms with van der Waals surface area (Å²) in [5.74, 6) is 0.0620. The number of pyridine rings is 1. The van der Waals surface area contributed by atoms with Gasteiger partial charge in [-0.2, -0.15) is 5.10 Å². The molecule has 4 heterocycles. The fourth-order valence-electron chi connectivity index (χ4n) is 4.56. The Labute approximate surface area is 192 Å². The molecule has 164 valence electrons. The predicted molar refractivity (Wildman–Crippen MR) is 131 cm³/mol. The van der Waals surface area contributed by atoms with Gasteiger partial charge in [-0.05, 0) is 55.5 Å². The SMILES string of the molecule is Cc1cccc(N2CCN(C(=O)c3cc(-c4cccs4)nc4c3c(C)nn4C)CC2)c1C. The lowest BCUT2D eigenvalue weighted by molar-refractivity contribution is 0.0748. The zero-order chi connectivity index (χ0) is 22.4. The highest BCUT2D eigenvalue weighted by atomic mass is 32.1. The molecule has 0 radical (unpaired) electrons. The molecule has 6 nitrogen and oxygen atoms in total. The Morgan fingerprint density at radius 3 is 2.53 bits per heavy atom. The van der Waals surface area contributed by atoms with Crippen LogP contribution in [0.1, 0.15) is 27.2 Å². The maximum Gasteiger partial charge on any atom is 0.254 e. The summed E-state index contributed by atoms with van der Waals surface area (Å²) in [6.45, 7) is 9.32. The van der Waals surface area contributed by atoms with Gasteiger partial charge in [0.05, 0.1) is 27.2 Å². The number of rotatable bonds is 3. The molecule has 1 saturated heterocycles. The molecule has 1 aliphatic rings. The van der Waals surface area contributed by atoms with E-state index in [9.17, 15) is 4.79 Å². The molecule has 4 aromatic rings. The fourth-order valence-corrected chi connectivity index (χ4v) is 5.25. The number of aromatic nitrogens is 3. The fraction of sp³-hybridized carbons (Fsp3) is 0.320. The van der Waals surface area contributed by atoms with E-state index in [0.717, 1.165) is 40.4 Å². The molecule has 0 atom stereocenters. The molecule has 0 unspecified atom stereocenters. The second kappa shape index (κ2) is 8.06. The number of amides is 1. The van der Waals surface area contributed by atoms with Crippen LogP contribution in [0.2, 0.25) is 0 Å². The number of benzene rings is 1. The highest BCUT2D eigenvalue weighted by Crippen LogP contribution is 2.30. The van der Waals surface area contributed by atoms with E-state index in [1.54, 1.807) is 16.0 Å². The molecule has 0 spiro atoms. The molecular weight excluding hydrogens is 418 g/mol. The summed E-state index contributed by atoms with van der Waals surface area (Å²) in [4.78, 5) is 24.0. The van der Waals surface area contributed by atoms with Crippen LogP contribution in [0.15, 0.2) is 41.8 Å². The lowest BCUT2D eigenvalue weighted by Gasteiger charge is -2.37. The van der Waals surface area contributed by atoms with Crippen molar-refractivity contribution in [2.24, 2.45) is 7.05 Å². The molecule has 3 aromatic heterocycles. The lowest BCUT2D eigenvalue weighted by atomic mass is 10.1. The lowest BCUT2D eigenvalue weighted by Crippen LogP contribution is -2.49. The predicted octanol–water partition coefficient (Wildman–Crippen LogP) is 4.58. The number of carbonyl (C=O) groups is 1. The van der Waals surface area contributed by atoms with Crippen molar-refractivity contribution in [2.75, 3.05) is 31.1 Å². The smallest absolute Gasteiger partial charge is 0.254 e. The summed E-state index contributed by atoms with van der Waals surface area (Å²) in [7, 11) is 1.89. The van der Waals surface area contributed by atoms with E-state index in [4.69, 9.17) is 4.98 Å². The van der Waals surface area contributed by atoms with Crippen molar-refractivity contribution in [3.8, 4) is 10.6 Å². The van der Waals surface area contributed by atoms with E-state index in [1.807, 2.05) is 42.5 Å². The average molecular weight is 446 g/mol. The van der Waals surface area contributed by atoms with E-state index in [2.05, 4.69) is 42.0 Å². The first kappa shape index (κ1) is 20.7. The molecule has 5 rings (SSSR count). The third-order valence-corrected chi connectivity index (χ3v) is 7.35. The largest absolute Gasteiger partial charge is 0.368 e. The number of thiophene rings is 1. The minimum Gasteiger partial charge on any atom is -0.368 e. The Balaban J connectivity index is 1.46. The van der Waals surface area contributed by atoms with Crippen molar-refractivity contribution in [3.05, 3.63) is 64.2 Å². The van der Waals surface area contributed by atoms with Gasteiger partial charge >= 0.3 is 0 Å². The molecule has 1 amide bonds. The third kappa shape index (κ3) is 3.46. The summed E-state index contributed by atoms with van der Waals surface area (Å²) in [5.41, 5.74) is 7.00. The van der Waals surface area contributed by atoms with Gasteiger partial charge < -0.3 is 9.80 Å². The zero-order valence-electron chi connectivity index (χ0n) is 18.9. The van der Waals surface area contributed by atoms with Gasteiger partial charge in [-0.25, -0.2) is 4.98 Å². The first-order valence-electron chi connectivity index (χ1n) is 10.9. The molecule has 0 bridgehead atoms. The Hall–Kier alpha value is -3.19. The second-order valence-corrected chi connectivity index (χ2v) is 9.39. The number of fused-ring (bicyclic) bond motifs is 1. The minimum atomic E-state index is 0.0620. The summed E-state index contributed by atoms with van der Waals surface area (Å²) < 4.78 is 1.77. The summed E-state index contributed by atoms with van der Waals surface area (Å²) in [6.07, 6.45) is 0. The maximum absolute atomic E-state index is 13.7. The zero-order valence-corrected chi connectivity index (χ0v) is 19.7. The highest BCUT2D eigenvalue weighted by Gasteiger charge is 2.27. The molecule has 1 aliphatic heterocycles. The van der Waals surface area contributed by atoms with Crippen molar-refractivity contribution < 1.29 is 4.79 Å². The van der Waals surface area contributed by atoms with Crippen molar-refractivity contribution in [2.45, 2.75) is 20.8 Å². The van der Waals surface area contributed by atoms with E-state index >= 15 is 0 Å². The third-order valence-electron chi connectivity index (χ3n) is 6.46. The number of nitrogens with zero attached hydrogens (tertiary/aromatic N) is 5. The standard InChI is InChI=1S/C25H27N5OS/c1-16-7-5-8-21(17(16)2)29-10-12-30(13-11-29)25(31)19-15-20(22-9-6-14-32-22)26-24-23(19)18(3)27-28(24)4/h5-9,14-15H,10-13H2,1-4H3. The van der Waals surface area contributed by atoms with E-state index < -0.39 is 0 Å². The van der Waals surface area contributed by atoms with Crippen LogP contribution < -0.4 is 4.90 Å². The Morgan fingerprint density at radius 2 is 1.81 bits per heavy atom. The molecule has 1 aromatic carbocycles. The summed E-state index contributed by atoms with van der Waals surface area (Å²) in [6, 6.07) is 12.4. The number of hydrogen-bond donors (Lipinski definition) is 0. The summed E-state index contributed by atoms with van der Waals surface area (Å²) in [5, 5.41) is 7.44. The van der Waals surface area contributed by atoms with Crippen LogP contribution >= 0.6 is 11.3 Å². The van der Waals surface area contributed by atoms with Crippen LogP contribution in [0.4, 0.5) is 5.69 Å². The quantitative estimate of drug-likeness (QED) is 0.463. The van der Waals surface area contributed by atoms with Gasteiger partial charge in [0.15, 0.2) is 5.65 Å². The number of piperazine rings is 1. The molecule has 0 aliphatic carbocycles. The molecule has 32 heavy (non-hydrogen) atoms. The first-order valence-corrected chi connectivity index (χ1v) is 11.8. The van der Waals surface area contributed by atoms with Gasteiger partial charge in [0.1, 0.15) is 0 Å². The molecule has 0 saturated carbocycles. The van der Waals surface area contributed by atoms with Gasteiger partial charge in [-0.15, -0.1) is 11.3 Å². The van der Waals surface area contributed by atoms with Gasteiger partial charge in [0, 0.05) is 38.9 Å². The average Bonchev–Trinajstić information content (AvgIpc) is 3.43. The van der Waals surface area contributed by atoms with Crippen LogP contribution in [0.5, 0.6) is 0 Å². The van der Waals surface area contributed by atoms with Crippen LogP contribution in [0.3, 0.4) is 0 Å². The van der Waals surface area contributed by atoms with E-state index in [1.165, 1.54) is 16.8 Å². The topological polar surface area (TPSA) is 54.3 Å². The molecule has 0 N–H and O–H groups in total. The van der Waals surface area contributed by atoms with Crippen LogP contribution in [-0.4, -0.2) is 51.8 Å². The minimum absolute atomic E-state index is 0.0620. The highest BCUT2D eigenvalue weighted by molar-refractivity contribution is 7.13. The van der Waals surface area contributed by atoms with Crippen molar-refractivity contribution in [1.82, 2.24) is 19.7 Å². The number of anilines is 1. The maximum atomic E-state index is 13.7. The van der Waals surface area contributed by atoms with E-state index in [-0.39, 0.29) is 5.91 Å². The Bertz CT molecular complexity index is 1300. The van der Waals surface area contributed by atoms with Crippen molar-refractivity contribution >= 4 is 34.0 Å². The second-order valence-electron chi connectivity index (χ2n) is 8.44. The van der Waals surface area contributed by atoms with Crippen molar-refractivity contribution in [3.63, 3.8) is 0 Å². The van der Waals surface area contributed by atoms with Gasteiger partial charge in [-0.3, -0.25) is 9.48 Å². The van der Waals surface area contributed by atoms with Crippen LogP contribution in [0.25, 0.3) is 21.6 Å². The molecule has 1 fully saturated rings. The monoisotopic (exact) mass is 445 g/mol. The molecule has 7 heteroatoms. The normalized spacial score (nSPS) is 14.4. The van der Waals surface area contributed by atoms with Gasteiger partial charge in [-0.1, -0.05) is 18.2 Å². The number of carbonyl (C=O) groups excluding carboxylic acids is 1. The van der Waals surface area contributed by atoms with Crippen LogP contribution in [-0.2, 0) is 7.05 Å².